The number of nitrogens with one attached hydrogen (secondary N) is 3. The van der Waals surface area contributed by atoms with Crippen molar-refractivity contribution in [3.05, 3.63) is 35.4 Å². The van der Waals surface area contributed by atoms with Gasteiger partial charge in [-0.15, -0.1) is 0 Å². The molecule has 1 aliphatic heterocycles. The summed E-state index contributed by atoms with van der Waals surface area (Å²) in [6.07, 6.45) is 0.920. The molecule has 0 bridgehead atoms. The van der Waals surface area contributed by atoms with E-state index in [2.05, 4.69) is 22.9 Å². The lowest BCUT2D eigenvalue weighted by Crippen LogP contribution is -2.55. The van der Waals surface area contributed by atoms with Crippen LogP contribution in [0.5, 0.6) is 0 Å². The second-order valence-electron chi connectivity index (χ2n) is 7.15. The average Bonchev–Trinajstić information content (AvgIpc) is 2.54. The highest BCUT2D eigenvalue weighted by molar-refractivity contribution is 5.97. The lowest BCUT2D eigenvalue weighted by Gasteiger charge is -2.32. The molecule has 2 rings (SSSR count). The van der Waals surface area contributed by atoms with Gasteiger partial charge in [-0.3, -0.25) is 9.59 Å². The molecule has 1 heterocycles. The lowest BCUT2D eigenvalue weighted by atomic mass is 9.94. The Labute approximate surface area is 144 Å². The third kappa shape index (κ3) is 4.81. The van der Waals surface area contributed by atoms with Gasteiger partial charge in [0.2, 0.25) is 5.91 Å². The van der Waals surface area contributed by atoms with E-state index in [0.29, 0.717) is 11.5 Å². The molecular formula is C19H29N3O2. The normalized spacial score (nSPS) is 22.0. The van der Waals surface area contributed by atoms with E-state index in [1.54, 1.807) is 6.07 Å². The van der Waals surface area contributed by atoms with E-state index in [9.17, 15) is 9.59 Å². The predicted molar refractivity (Wildman–Crippen MR) is 95.9 cm³/mol. The Morgan fingerprint density at radius 3 is 2.67 bits per heavy atom. The molecule has 0 spiro atoms. The summed E-state index contributed by atoms with van der Waals surface area (Å²) in [5.74, 6) is 0.120. The summed E-state index contributed by atoms with van der Waals surface area (Å²) in [7, 11) is 0. The quantitative estimate of drug-likeness (QED) is 0.771. The summed E-state index contributed by atoms with van der Waals surface area (Å²) in [6, 6.07) is 7.04. The third-order valence-corrected chi connectivity index (χ3v) is 4.63. The molecule has 3 unspecified atom stereocenters. The molecule has 1 fully saturated rings. The fourth-order valence-electron chi connectivity index (χ4n) is 3.05. The van der Waals surface area contributed by atoms with E-state index in [1.165, 1.54) is 0 Å². The molecule has 1 aliphatic rings. The number of hydrogen-bond acceptors (Lipinski definition) is 3. The molecule has 0 aliphatic carbocycles. The number of benzene rings is 1. The van der Waals surface area contributed by atoms with Crippen molar-refractivity contribution in [2.24, 2.45) is 11.8 Å². The van der Waals surface area contributed by atoms with E-state index in [4.69, 9.17) is 0 Å². The van der Waals surface area contributed by atoms with Crippen molar-refractivity contribution < 1.29 is 9.59 Å². The molecule has 0 radical (unpaired) electrons. The highest BCUT2D eigenvalue weighted by Crippen LogP contribution is 2.12. The fourth-order valence-corrected chi connectivity index (χ4v) is 3.05. The second kappa shape index (κ2) is 8.29. The van der Waals surface area contributed by atoms with Crippen LogP contribution in [-0.2, 0) is 4.79 Å². The third-order valence-electron chi connectivity index (χ3n) is 4.63. The number of carbonyl (C=O) groups excluding carboxylic acids is 2. The first-order valence-corrected chi connectivity index (χ1v) is 8.77. The largest absolute Gasteiger partial charge is 0.351 e. The van der Waals surface area contributed by atoms with Gasteiger partial charge >= 0.3 is 0 Å². The number of carbonyl (C=O) groups is 2. The van der Waals surface area contributed by atoms with Gasteiger partial charge in [-0.1, -0.05) is 38.5 Å². The summed E-state index contributed by atoms with van der Waals surface area (Å²) >= 11 is 0. The van der Waals surface area contributed by atoms with Crippen molar-refractivity contribution in [2.75, 3.05) is 13.1 Å². The summed E-state index contributed by atoms with van der Waals surface area (Å²) in [6.45, 7) is 9.80. The van der Waals surface area contributed by atoms with Crippen molar-refractivity contribution in [2.45, 2.75) is 46.2 Å². The molecule has 0 saturated carbocycles. The van der Waals surface area contributed by atoms with Crippen LogP contribution in [0, 0.1) is 18.8 Å². The summed E-state index contributed by atoms with van der Waals surface area (Å²) in [4.78, 5) is 25.2. The van der Waals surface area contributed by atoms with Crippen molar-refractivity contribution in [3.8, 4) is 0 Å². The Morgan fingerprint density at radius 1 is 1.29 bits per heavy atom. The summed E-state index contributed by atoms with van der Waals surface area (Å²) in [5, 5.41) is 9.35. The minimum Gasteiger partial charge on any atom is -0.351 e. The van der Waals surface area contributed by atoms with Crippen molar-refractivity contribution in [1.82, 2.24) is 16.0 Å². The molecule has 3 atom stereocenters. The zero-order valence-electron chi connectivity index (χ0n) is 15.1. The molecule has 1 aromatic rings. The molecule has 1 saturated heterocycles. The average molecular weight is 331 g/mol. The summed E-state index contributed by atoms with van der Waals surface area (Å²) < 4.78 is 0. The van der Waals surface area contributed by atoms with Gasteiger partial charge in [0.15, 0.2) is 0 Å². The Hall–Kier alpha value is -1.88. The SMILES string of the molecule is Cc1cccc(C(=O)NC(C(=O)NC2CCNCC2C)C(C)C)c1. The number of hydrogen-bond donors (Lipinski definition) is 3. The Balaban J connectivity index is 2.02. The standard InChI is InChI=1S/C19H29N3O2/c1-12(2)17(19(24)21-16-8-9-20-11-14(16)4)22-18(23)15-7-5-6-13(3)10-15/h5-7,10,12,14,16-17,20H,8-9,11H2,1-4H3,(H,21,24)(H,22,23). The van der Waals surface area contributed by atoms with Crippen LogP contribution < -0.4 is 16.0 Å². The molecular weight excluding hydrogens is 302 g/mol. The highest BCUT2D eigenvalue weighted by atomic mass is 16.2. The first-order chi connectivity index (χ1) is 11.4. The first-order valence-electron chi connectivity index (χ1n) is 8.77. The molecule has 5 nitrogen and oxygen atoms in total. The Bertz CT molecular complexity index is 586. The first kappa shape index (κ1) is 18.5. The highest BCUT2D eigenvalue weighted by Gasteiger charge is 2.29. The van der Waals surface area contributed by atoms with Crippen molar-refractivity contribution >= 4 is 11.8 Å². The molecule has 3 N–H and O–H groups in total. The van der Waals surface area contributed by atoms with Crippen LogP contribution in [-0.4, -0.2) is 37.0 Å². The second-order valence-corrected chi connectivity index (χ2v) is 7.15. The van der Waals surface area contributed by atoms with Gasteiger partial charge in [0.05, 0.1) is 0 Å². The number of piperidine rings is 1. The van der Waals surface area contributed by atoms with E-state index >= 15 is 0 Å². The lowest BCUT2D eigenvalue weighted by molar-refractivity contribution is -0.125. The van der Waals surface area contributed by atoms with Crippen molar-refractivity contribution in [3.63, 3.8) is 0 Å². The van der Waals surface area contributed by atoms with Crippen LogP contribution in [0.4, 0.5) is 0 Å². The van der Waals surface area contributed by atoms with Gasteiger partial charge in [-0.05, 0) is 50.4 Å². The van der Waals surface area contributed by atoms with Gasteiger partial charge in [-0.2, -0.15) is 0 Å². The molecule has 5 heteroatoms. The van der Waals surface area contributed by atoms with Crippen LogP contribution in [0.15, 0.2) is 24.3 Å². The minimum atomic E-state index is -0.528. The van der Waals surface area contributed by atoms with Crippen LogP contribution in [0.2, 0.25) is 0 Å². The van der Waals surface area contributed by atoms with Crippen LogP contribution in [0.25, 0.3) is 0 Å². The van der Waals surface area contributed by atoms with Crippen LogP contribution >= 0.6 is 0 Å². The van der Waals surface area contributed by atoms with Crippen molar-refractivity contribution in [1.29, 1.82) is 0 Å². The van der Waals surface area contributed by atoms with Gasteiger partial charge < -0.3 is 16.0 Å². The smallest absolute Gasteiger partial charge is 0.251 e. The molecule has 1 aromatic carbocycles. The maximum atomic E-state index is 12.7. The van der Waals surface area contributed by atoms with Gasteiger partial charge in [0.1, 0.15) is 6.04 Å². The number of amides is 2. The molecule has 24 heavy (non-hydrogen) atoms. The number of aryl methyl sites for hydroxylation is 1. The zero-order valence-corrected chi connectivity index (χ0v) is 15.1. The van der Waals surface area contributed by atoms with E-state index in [-0.39, 0.29) is 23.8 Å². The fraction of sp³-hybridized carbons (Fsp3) is 0.579. The van der Waals surface area contributed by atoms with Crippen LogP contribution in [0.3, 0.4) is 0 Å². The van der Waals surface area contributed by atoms with Gasteiger partial charge in [-0.25, -0.2) is 0 Å². The van der Waals surface area contributed by atoms with Crippen LogP contribution in [0.1, 0.15) is 43.1 Å². The maximum Gasteiger partial charge on any atom is 0.251 e. The zero-order chi connectivity index (χ0) is 17.7. The topological polar surface area (TPSA) is 70.2 Å². The maximum absolute atomic E-state index is 12.7. The van der Waals surface area contributed by atoms with E-state index < -0.39 is 6.04 Å². The molecule has 2 amide bonds. The van der Waals surface area contributed by atoms with E-state index in [0.717, 1.165) is 25.1 Å². The minimum absolute atomic E-state index is 0.0239. The summed E-state index contributed by atoms with van der Waals surface area (Å²) in [5.41, 5.74) is 1.61. The Morgan fingerprint density at radius 2 is 2.04 bits per heavy atom. The predicted octanol–water partition coefficient (Wildman–Crippen LogP) is 1.86. The Kier molecular flexibility index (Phi) is 6.37. The van der Waals surface area contributed by atoms with Gasteiger partial charge in [0, 0.05) is 11.6 Å². The molecule has 132 valence electrons. The van der Waals surface area contributed by atoms with E-state index in [1.807, 2.05) is 39.0 Å². The monoisotopic (exact) mass is 331 g/mol. The molecule has 0 aromatic heterocycles. The van der Waals surface area contributed by atoms with Gasteiger partial charge in [0.25, 0.3) is 5.91 Å². The number of rotatable bonds is 5.